The number of benzene rings is 1. The Balaban J connectivity index is 2.07. The van der Waals surface area contributed by atoms with Gasteiger partial charge in [0.2, 0.25) is 4.75 Å². The van der Waals surface area contributed by atoms with Crippen molar-refractivity contribution >= 4 is 35.1 Å². The molecule has 0 unspecified atom stereocenters. The summed E-state index contributed by atoms with van der Waals surface area (Å²) in [6.07, 6.45) is 0. The molecule has 1 spiro atoms. The van der Waals surface area contributed by atoms with Gasteiger partial charge in [-0.05, 0) is 12.1 Å². The number of aromatic nitrogens is 2. The Kier molecular flexibility index (Phi) is 2.83. The van der Waals surface area contributed by atoms with Crippen LogP contribution in [0.4, 0.5) is 11.5 Å². The number of thioether (sulfide) groups is 1. The Labute approximate surface area is 139 Å². The number of hydrogen-bond acceptors (Lipinski definition) is 5. The monoisotopic (exact) mass is 344 g/mol. The van der Waals surface area contributed by atoms with E-state index in [1.165, 1.54) is 14.1 Å². The third-order valence-corrected chi connectivity index (χ3v) is 5.74. The van der Waals surface area contributed by atoms with Gasteiger partial charge >= 0.3 is 5.69 Å². The number of hydrogen-bond donors (Lipinski definition) is 2. The van der Waals surface area contributed by atoms with Gasteiger partial charge in [0.1, 0.15) is 5.82 Å². The number of amides is 2. The number of carbonyl (C=O) groups excluding carboxylic acids is 2. The highest BCUT2D eigenvalue weighted by molar-refractivity contribution is 8.02. The van der Waals surface area contributed by atoms with E-state index < -0.39 is 27.8 Å². The smallest absolute Gasteiger partial charge is 0.323 e. The summed E-state index contributed by atoms with van der Waals surface area (Å²) in [6, 6.07) is 7.03. The molecule has 2 amide bonds. The summed E-state index contributed by atoms with van der Waals surface area (Å²) in [5.74, 6) is -1.17. The lowest BCUT2D eigenvalue weighted by molar-refractivity contribution is -0.127. The molecule has 122 valence electrons. The fraction of sp³-hybridized carbons (Fsp3) is 0.200. The van der Waals surface area contributed by atoms with Crippen molar-refractivity contribution in [3.63, 3.8) is 0 Å². The van der Waals surface area contributed by atoms with Crippen molar-refractivity contribution in [1.29, 1.82) is 0 Å². The maximum atomic E-state index is 12.8. The van der Waals surface area contributed by atoms with E-state index in [2.05, 4.69) is 10.6 Å². The first kappa shape index (κ1) is 14.8. The van der Waals surface area contributed by atoms with Crippen molar-refractivity contribution < 1.29 is 9.59 Å². The Bertz CT molecular complexity index is 1050. The van der Waals surface area contributed by atoms with E-state index in [4.69, 9.17) is 0 Å². The second-order valence-corrected chi connectivity index (χ2v) is 6.87. The largest absolute Gasteiger partial charge is 0.332 e. The summed E-state index contributed by atoms with van der Waals surface area (Å²) >= 11 is 1.01. The van der Waals surface area contributed by atoms with Gasteiger partial charge in [0, 0.05) is 19.0 Å². The Morgan fingerprint density at radius 1 is 0.958 bits per heavy atom. The first-order chi connectivity index (χ1) is 11.4. The van der Waals surface area contributed by atoms with E-state index in [-0.39, 0.29) is 11.4 Å². The minimum atomic E-state index is -1.75. The summed E-state index contributed by atoms with van der Waals surface area (Å²) < 4.78 is 0.316. The van der Waals surface area contributed by atoms with Crippen LogP contribution >= 0.6 is 11.8 Å². The number of para-hydroxylation sites is 1. The second kappa shape index (κ2) is 4.60. The van der Waals surface area contributed by atoms with Crippen molar-refractivity contribution in [2.45, 2.75) is 9.64 Å². The summed E-state index contributed by atoms with van der Waals surface area (Å²) in [7, 11) is 2.76. The molecule has 2 aromatic rings. The molecule has 3 heterocycles. The van der Waals surface area contributed by atoms with Crippen LogP contribution in [0.5, 0.6) is 0 Å². The van der Waals surface area contributed by atoms with Crippen molar-refractivity contribution in [1.82, 2.24) is 9.13 Å². The molecule has 2 aliphatic heterocycles. The summed E-state index contributed by atoms with van der Waals surface area (Å²) in [4.78, 5) is 50.9. The van der Waals surface area contributed by atoms with Crippen molar-refractivity contribution in [3.05, 3.63) is 50.7 Å². The highest BCUT2D eigenvalue weighted by Crippen LogP contribution is 2.52. The molecule has 0 bridgehead atoms. The lowest BCUT2D eigenvalue weighted by Crippen LogP contribution is -2.49. The third kappa shape index (κ3) is 1.59. The predicted molar refractivity (Wildman–Crippen MR) is 88.2 cm³/mol. The van der Waals surface area contributed by atoms with E-state index >= 15 is 0 Å². The van der Waals surface area contributed by atoms with Crippen LogP contribution in [0.1, 0.15) is 5.56 Å². The minimum Gasteiger partial charge on any atom is -0.323 e. The molecule has 0 saturated heterocycles. The SMILES string of the molecule is Cn1c2c(c(=O)n(C)c1=O)[C@]1(Sc3ccccc3NC1=O)C(=O)N2. The van der Waals surface area contributed by atoms with Gasteiger partial charge in [-0.15, -0.1) is 0 Å². The Hall–Kier alpha value is -2.81. The molecule has 2 aliphatic rings. The first-order valence-electron chi connectivity index (χ1n) is 7.09. The minimum absolute atomic E-state index is 0.0193. The molecule has 2 N–H and O–H groups in total. The van der Waals surface area contributed by atoms with Gasteiger partial charge in [0.15, 0.2) is 0 Å². The molecule has 1 aromatic heterocycles. The zero-order valence-electron chi connectivity index (χ0n) is 12.7. The van der Waals surface area contributed by atoms with Crippen LogP contribution in [-0.4, -0.2) is 20.9 Å². The number of rotatable bonds is 0. The molecule has 0 radical (unpaired) electrons. The maximum absolute atomic E-state index is 12.8. The highest BCUT2D eigenvalue weighted by atomic mass is 32.2. The number of anilines is 2. The van der Waals surface area contributed by atoms with E-state index in [1.54, 1.807) is 24.3 Å². The van der Waals surface area contributed by atoms with Crippen LogP contribution in [0.15, 0.2) is 38.8 Å². The van der Waals surface area contributed by atoms with Gasteiger partial charge in [-0.25, -0.2) is 4.79 Å². The van der Waals surface area contributed by atoms with Crippen LogP contribution in [0.3, 0.4) is 0 Å². The molecule has 0 aliphatic carbocycles. The normalized spacial score (nSPS) is 21.2. The zero-order chi connectivity index (χ0) is 17.2. The van der Waals surface area contributed by atoms with E-state index in [0.717, 1.165) is 20.9 Å². The van der Waals surface area contributed by atoms with Crippen LogP contribution < -0.4 is 21.9 Å². The first-order valence-corrected chi connectivity index (χ1v) is 7.91. The standard InChI is InChI=1S/C15H12N4O4S/c1-18-10-9(11(20)19(2)14(18)23)15(13(22)17-10)12(21)16-7-5-3-4-6-8(7)24-15/h3-6H,1-2H3,(H,16,21)(H,17,22)/t15-/m1/s1. The summed E-state index contributed by atoms with van der Waals surface area (Å²) in [5, 5.41) is 5.21. The van der Waals surface area contributed by atoms with Crippen molar-refractivity contribution in [2.24, 2.45) is 14.1 Å². The molecule has 1 atom stereocenters. The number of nitrogens with one attached hydrogen (secondary N) is 2. The number of carbonyl (C=O) groups is 2. The number of fused-ring (bicyclic) bond motifs is 3. The molecule has 1 aromatic carbocycles. The molecule has 8 nitrogen and oxygen atoms in total. The average Bonchev–Trinajstić information content (AvgIpc) is 2.86. The molecular formula is C15H12N4O4S. The van der Waals surface area contributed by atoms with Crippen LogP contribution in [-0.2, 0) is 28.4 Å². The van der Waals surface area contributed by atoms with Crippen LogP contribution in [0.2, 0.25) is 0 Å². The van der Waals surface area contributed by atoms with E-state index in [1.807, 2.05) is 0 Å². The molecule has 4 rings (SSSR count). The van der Waals surface area contributed by atoms with E-state index in [0.29, 0.717) is 10.6 Å². The van der Waals surface area contributed by atoms with Gasteiger partial charge < -0.3 is 10.6 Å². The molecule has 24 heavy (non-hydrogen) atoms. The number of nitrogens with zero attached hydrogens (tertiary/aromatic N) is 2. The van der Waals surface area contributed by atoms with Crippen molar-refractivity contribution in [3.8, 4) is 0 Å². The third-order valence-electron chi connectivity index (χ3n) is 4.29. The zero-order valence-corrected chi connectivity index (χ0v) is 13.6. The predicted octanol–water partition coefficient (Wildman–Crippen LogP) is -0.0242. The van der Waals surface area contributed by atoms with Crippen LogP contribution in [0.25, 0.3) is 0 Å². The molecule has 9 heteroatoms. The Morgan fingerprint density at radius 3 is 2.38 bits per heavy atom. The average molecular weight is 344 g/mol. The van der Waals surface area contributed by atoms with E-state index in [9.17, 15) is 19.2 Å². The highest BCUT2D eigenvalue weighted by Gasteiger charge is 2.59. The van der Waals surface area contributed by atoms with Gasteiger partial charge in [-0.1, -0.05) is 23.9 Å². The summed E-state index contributed by atoms with van der Waals surface area (Å²) in [5.41, 5.74) is -0.665. The van der Waals surface area contributed by atoms with Gasteiger partial charge in [0.05, 0.1) is 11.3 Å². The molecular weight excluding hydrogens is 332 g/mol. The lowest BCUT2D eigenvalue weighted by Gasteiger charge is -2.30. The fourth-order valence-electron chi connectivity index (χ4n) is 3.01. The summed E-state index contributed by atoms with van der Waals surface area (Å²) in [6.45, 7) is 0. The van der Waals surface area contributed by atoms with Crippen molar-refractivity contribution in [2.75, 3.05) is 10.6 Å². The molecule has 0 saturated carbocycles. The fourth-order valence-corrected chi connectivity index (χ4v) is 4.29. The van der Waals surface area contributed by atoms with Crippen LogP contribution in [0, 0.1) is 0 Å². The Morgan fingerprint density at radius 2 is 1.62 bits per heavy atom. The van der Waals surface area contributed by atoms with Gasteiger partial charge in [0.25, 0.3) is 17.4 Å². The second-order valence-electron chi connectivity index (χ2n) is 5.62. The lowest BCUT2D eigenvalue weighted by atomic mass is 10.0. The van der Waals surface area contributed by atoms with Gasteiger partial charge in [-0.3, -0.25) is 23.5 Å². The maximum Gasteiger partial charge on any atom is 0.332 e. The quantitative estimate of drug-likeness (QED) is 0.654. The topological polar surface area (TPSA) is 102 Å². The molecule has 0 fully saturated rings. The van der Waals surface area contributed by atoms with Gasteiger partial charge in [-0.2, -0.15) is 0 Å².